The lowest BCUT2D eigenvalue weighted by atomic mass is 10.2. The Morgan fingerprint density at radius 2 is 1.88 bits per heavy atom. The Labute approximate surface area is 94.5 Å². The summed E-state index contributed by atoms with van der Waals surface area (Å²) >= 11 is 0. The Morgan fingerprint density at radius 3 is 2.47 bits per heavy atom. The summed E-state index contributed by atoms with van der Waals surface area (Å²) in [5.41, 5.74) is -0.343. The van der Waals surface area contributed by atoms with E-state index >= 15 is 0 Å². The summed E-state index contributed by atoms with van der Waals surface area (Å²) in [4.78, 5) is 9.93. The number of halogens is 1. The fourth-order valence-electron chi connectivity index (χ4n) is 1.19. The molecular formula is C9H6FN5O2. The van der Waals surface area contributed by atoms with Crippen molar-refractivity contribution in [1.29, 1.82) is 0 Å². The number of aromatic nitrogens is 4. The molecule has 0 radical (unpaired) electrons. The van der Waals surface area contributed by atoms with Crippen molar-refractivity contribution >= 4 is 5.69 Å². The normalized spacial score (nSPS) is 10.2. The molecule has 0 unspecified atom stereocenters. The van der Waals surface area contributed by atoms with E-state index in [-0.39, 0.29) is 17.1 Å². The quantitative estimate of drug-likeness (QED) is 0.574. The second kappa shape index (κ2) is 4.16. The van der Waals surface area contributed by atoms with Gasteiger partial charge in [-0.05, 0) is 13.0 Å². The first-order valence-electron chi connectivity index (χ1n) is 4.56. The number of nitro benzene ring substituents is 1. The van der Waals surface area contributed by atoms with E-state index in [4.69, 9.17) is 0 Å². The summed E-state index contributed by atoms with van der Waals surface area (Å²) in [6, 6.07) is 3.09. The van der Waals surface area contributed by atoms with E-state index in [9.17, 15) is 14.5 Å². The van der Waals surface area contributed by atoms with Crippen molar-refractivity contribution in [3.05, 3.63) is 40.0 Å². The van der Waals surface area contributed by atoms with Crippen LogP contribution in [0.5, 0.6) is 0 Å². The topological polar surface area (TPSA) is 94.7 Å². The maximum Gasteiger partial charge on any atom is 0.270 e. The molecule has 0 saturated heterocycles. The van der Waals surface area contributed by atoms with Crippen LogP contribution in [0.25, 0.3) is 11.4 Å². The number of rotatable bonds is 2. The van der Waals surface area contributed by atoms with Crippen molar-refractivity contribution < 1.29 is 9.31 Å². The first-order valence-corrected chi connectivity index (χ1v) is 4.56. The Bertz CT molecular complexity index is 572. The Balaban J connectivity index is 2.54. The summed E-state index contributed by atoms with van der Waals surface area (Å²) < 4.78 is 13.5. The first-order chi connectivity index (χ1) is 8.08. The lowest BCUT2D eigenvalue weighted by Gasteiger charge is -2.00. The smallest absolute Gasteiger partial charge is 0.258 e. The Morgan fingerprint density at radius 1 is 1.24 bits per heavy atom. The predicted molar refractivity (Wildman–Crippen MR) is 54.4 cm³/mol. The van der Waals surface area contributed by atoms with Crippen LogP contribution < -0.4 is 0 Å². The van der Waals surface area contributed by atoms with Crippen LogP contribution in [0.2, 0.25) is 0 Å². The van der Waals surface area contributed by atoms with Gasteiger partial charge in [0.1, 0.15) is 5.82 Å². The zero-order chi connectivity index (χ0) is 12.4. The molecule has 0 aliphatic heterocycles. The fraction of sp³-hybridized carbons (Fsp3) is 0.111. The highest BCUT2D eigenvalue weighted by molar-refractivity contribution is 5.59. The van der Waals surface area contributed by atoms with Gasteiger partial charge >= 0.3 is 0 Å². The molecule has 0 atom stereocenters. The molecule has 0 aliphatic carbocycles. The maximum atomic E-state index is 13.5. The van der Waals surface area contributed by atoms with Crippen LogP contribution in [0.15, 0.2) is 18.2 Å². The molecule has 7 nitrogen and oxygen atoms in total. The molecule has 8 heteroatoms. The molecule has 0 bridgehead atoms. The minimum Gasteiger partial charge on any atom is -0.258 e. The molecule has 86 valence electrons. The van der Waals surface area contributed by atoms with E-state index in [1.54, 1.807) is 6.92 Å². The zero-order valence-corrected chi connectivity index (χ0v) is 8.66. The maximum absolute atomic E-state index is 13.5. The van der Waals surface area contributed by atoms with Gasteiger partial charge in [0.2, 0.25) is 5.82 Å². The van der Waals surface area contributed by atoms with Crippen molar-refractivity contribution in [3.8, 4) is 11.4 Å². The molecule has 0 N–H and O–H groups in total. The number of nitro groups is 1. The minimum absolute atomic E-state index is 0.0863. The van der Waals surface area contributed by atoms with Gasteiger partial charge in [-0.1, -0.05) is 0 Å². The average molecular weight is 235 g/mol. The first kappa shape index (κ1) is 11.0. The van der Waals surface area contributed by atoms with Crippen molar-refractivity contribution in [2.75, 3.05) is 0 Å². The summed E-state index contributed by atoms with van der Waals surface area (Å²) in [6.45, 7) is 1.58. The Kier molecular flexibility index (Phi) is 2.69. The predicted octanol–water partition coefficient (Wildman–Crippen LogP) is 1.29. The van der Waals surface area contributed by atoms with Crippen molar-refractivity contribution in [2.24, 2.45) is 0 Å². The molecule has 2 aromatic rings. The van der Waals surface area contributed by atoms with Gasteiger partial charge in [-0.3, -0.25) is 10.1 Å². The summed E-state index contributed by atoms with van der Waals surface area (Å²) in [7, 11) is 0. The largest absolute Gasteiger partial charge is 0.270 e. The van der Waals surface area contributed by atoms with Gasteiger partial charge in [0.05, 0.1) is 10.5 Å². The number of hydrogen-bond donors (Lipinski definition) is 0. The third-order valence-electron chi connectivity index (χ3n) is 1.98. The lowest BCUT2D eigenvalue weighted by molar-refractivity contribution is -0.384. The fourth-order valence-corrected chi connectivity index (χ4v) is 1.19. The third kappa shape index (κ3) is 2.19. The molecule has 1 aromatic heterocycles. The van der Waals surface area contributed by atoms with Gasteiger partial charge in [-0.15, -0.1) is 20.4 Å². The van der Waals surface area contributed by atoms with Crippen molar-refractivity contribution in [1.82, 2.24) is 20.4 Å². The number of nitrogens with zero attached hydrogens (tertiary/aromatic N) is 5. The standard InChI is InChI=1S/C9H6FN5O2/c1-5-11-13-9(14-12-5)7-4-6(15(16)17)2-3-8(7)10/h2-4H,1H3. The van der Waals surface area contributed by atoms with E-state index in [2.05, 4.69) is 20.4 Å². The molecule has 0 amide bonds. The van der Waals surface area contributed by atoms with Crippen molar-refractivity contribution in [3.63, 3.8) is 0 Å². The molecule has 2 rings (SSSR count). The van der Waals surface area contributed by atoms with Crippen LogP contribution in [-0.2, 0) is 0 Å². The van der Waals surface area contributed by atoms with Crippen LogP contribution in [0.1, 0.15) is 5.82 Å². The summed E-state index contributed by atoms with van der Waals surface area (Å²) in [5, 5.41) is 25.0. The molecule has 0 aliphatic rings. The van der Waals surface area contributed by atoms with E-state index in [0.29, 0.717) is 5.82 Å². The minimum atomic E-state index is -0.664. The highest BCUT2D eigenvalue weighted by Gasteiger charge is 2.15. The molecule has 0 spiro atoms. The number of hydrogen-bond acceptors (Lipinski definition) is 6. The third-order valence-corrected chi connectivity index (χ3v) is 1.98. The molecule has 1 aromatic carbocycles. The highest BCUT2D eigenvalue weighted by Crippen LogP contribution is 2.23. The van der Waals surface area contributed by atoms with Crippen LogP contribution in [-0.4, -0.2) is 25.3 Å². The second-order valence-corrected chi connectivity index (χ2v) is 3.19. The number of non-ortho nitro benzene ring substituents is 1. The van der Waals surface area contributed by atoms with Crippen LogP contribution in [0.3, 0.4) is 0 Å². The molecule has 1 heterocycles. The van der Waals surface area contributed by atoms with Gasteiger partial charge in [0, 0.05) is 12.1 Å². The van der Waals surface area contributed by atoms with E-state index in [1.165, 1.54) is 0 Å². The van der Waals surface area contributed by atoms with Gasteiger partial charge < -0.3 is 0 Å². The van der Waals surface area contributed by atoms with Gasteiger partial charge in [0.25, 0.3) is 5.69 Å². The van der Waals surface area contributed by atoms with E-state index < -0.39 is 10.7 Å². The lowest BCUT2D eigenvalue weighted by Crippen LogP contribution is -2.00. The molecule has 0 saturated carbocycles. The molecule has 0 fully saturated rings. The molecule has 17 heavy (non-hydrogen) atoms. The number of aryl methyl sites for hydroxylation is 1. The van der Waals surface area contributed by atoms with E-state index in [1.807, 2.05) is 0 Å². The van der Waals surface area contributed by atoms with E-state index in [0.717, 1.165) is 18.2 Å². The average Bonchev–Trinajstić information content (AvgIpc) is 2.31. The monoisotopic (exact) mass is 235 g/mol. The van der Waals surface area contributed by atoms with Gasteiger partial charge in [0.15, 0.2) is 5.82 Å². The zero-order valence-electron chi connectivity index (χ0n) is 8.66. The van der Waals surface area contributed by atoms with Gasteiger partial charge in [-0.25, -0.2) is 4.39 Å². The Hall–Kier alpha value is -2.51. The van der Waals surface area contributed by atoms with Gasteiger partial charge in [-0.2, -0.15) is 0 Å². The van der Waals surface area contributed by atoms with Crippen LogP contribution in [0, 0.1) is 22.9 Å². The number of benzene rings is 1. The van der Waals surface area contributed by atoms with Crippen LogP contribution >= 0.6 is 0 Å². The van der Waals surface area contributed by atoms with Crippen LogP contribution in [0.4, 0.5) is 10.1 Å². The van der Waals surface area contributed by atoms with Crippen molar-refractivity contribution in [2.45, 2.75) is 6.92 Å². The SMILES string of the molecule is Cc1nnc(-c2cc([N+](=O)[O-])ccc2F)nn1. The summed E-state index contributed by atoms with van der Waals surface area (Å²) in [5.74, 6) is -0.417. The summed E-state index contributed by atoms with van der Waals surface area (Å²) in [6.07, 6.45) is 0. The molecular weight excluding hydrogens is 229 g/mol. The highest BCUT2D eigenvalue weighted by atomic mass is 19.1. The second-order valence-electron chi connectivity index (χ2n) is 3.19.